The Morgan fingerprint density at radius 2 is 1.67 bits per heavy atom. The van der Waals surface area contributed by atoms with E-state index in [9.17, 15) is 4.79 Å². The highest BCUT2D eigenvalue weighted by molar-refractivity contribution is 7.18. The molecule has 0 atom stereocenters. The summed E-state index contributed by atoms with van der Waals surface area (Å²) in [5, 5.41) is 11.8. The summed E-state index contributed by atoms with van der Waals surface area (Å²) in [4.78, 5) is 16.2. The van der Waals surface area contributed by atoms with Crippen molar-refractivity contribution in [3.63, 3.8) is 0 Å². The Morgan fingerprint density at radius 1 is 0.967 bits per heavy atom. The molecule has 4 aromatic rings. The highest BCUT2D eigenvalue weighted by Gasteiger charge is 2.10. The number of aryl methyl sites for hydroxylation is 1. The van der Waals surface area contributed by atoms with Crippen LogP contribution in [0.1, 0.15) is 5.56 Å². The standard InChI is InChI=1S/C22H18N4O3S/c1-15-4-6-18(7-5-15)29-19-10-8-17(9-11-19)28-14-20(27)24-22-26-25-21(30-22)16-3-2-12-23-13-16/h2-13H,14H2,1H3,(H,24,26,27). The number of nitrogens with zero attached hydrogens (tertiary/aromatic N) is 3. The fourth-order valence-electron chi connectivity index (χ4n) is 2.53. The Kier molecular flexibility index (Phi) is 5.95. The molecule has 0 spiro atoms. The second-order valence-corrected chi connectivity index (χ2v) is 7.35. The molecule has 0 saturated heterocycles. The molecule has 0 aliphatic heterocycles. The van der Waals surface area contributed by atoms with E-state index in [1.165, 1.54) is 16.9 Å². The van der Waals surface area contributed by atoms with Crippen LogP contribution in [0.5, 0.6) is 17.2 Å². The minimum absolute atomic E-state index is 0.139. The number of carbonyl (C=O) groups is 1. The van der Waals surface area contributed by atoms with Gasteiger partial charge in [0.25, 0.3) is 5.91 Å². The minimum Gasteiger partial charge on any atom is -0.484 e. The Labute approximate surface area is 177 Å². The van der Waals surface area contributed by atoms with Crippen LogP contribution in [-0.4, -0.2) is 27.7 Å². The maximum Gasteiger partial charge on any atom is 0.264 e. The molecule has 1 N–H and O–H groups in total. The lowest BCUT2D eigenvalue weighted by atomic mass is 10.2. The average Bonchev–Trinajstić information content (AvgIpc) is 3.24. The van der Waals surface area contributed by atoms with Gasteiger partial charge in [-0.3, -0.25) is 15.1 Å². The van der Waals surface area contributed by atoms with Gasteiger partial charge in [0.1, 0.15) is 17.2 Å². The van der Waals surface area contributed by atoms with Gasteiger partial charge in [0.05, 0.1) is 0 Å². The Bertz CT molecular complexity index is 1110. The predicted molar refractivity (Wildman–Crippen MR) is 115 cm³/mol. The van der Waals surface area contributed by atoms with Crippen LogP contribution >= 0.6 is 11.3 Å². The molecule has 0 fully saturated rings. The molecule has 0 radical (unpaired) electrons. The number of carbonyl (C=O) groups excluding carboxylic acids is 1. The quantitative estimate of drug-likeness (QED) is 0.467. The minimum atomic E-state index is -0.316. The zero-order chi connectivity index (χ0) is 20.8. The molecule has 8 heteroatoms. The van der Waals surface area contributed by atoms with Gasteiger partial charge in [-0.25, -0.2) is 0 Å². The zero-order valence-electron chi connectivity index (χ0n) is 16.1. The summed E-state index contributed by atoms with van der Waals surface area (Å²) in [7, 11) is 0. The van der Waals surface area contributed by atoms with Crippen molar-refractivity contribution in [1.29, 1.82) is 0 Å². The molecule has 0 aliphatic carbocycles. The smallest absolute Gasteiger partial charge is 0.264 e. The highest BCUT2D eigenvalue weighted by atomic mass is 32.1. The third kappa shape index (κ3) is 5.18. The largest absolute Gasteiger partial charge is 0.484 e. The first-order chi connectivity index (χ1) is 14.7. The molecule has 2 aromatic carbocycles. The maximum atomic E-state index is 12.1. The highest BCUT2D eigenvalue weighted by Crippen LogP contribution is 2.26. The molecule has 2 heterocycles. The first-order valence-corrected chi connectivity index (χ1v) is 9.98. The molecule has 30 heavy (non-hydrogen) atoms. The third-order valence-corrected chi connectivity index (χ3v) is 4.92. The molecule has 4 rings (SSSR count). The van der Waals surface area contributed by atoms with Crippen LogP contribution in [0.4, 0.5) is 5.13 Å². The summed E-state index contributed by atoms with van der Waals surface area (Å²) in [5.41, 5.74) is 2.02. The van der Waals surface area contributed by atoms with Crippen LogP contribution in [0.3, 0.4) is 0 Å². The van der Waals surface area contributed by atoms with Crippen molar-refractivity contribution in [3.8, 4) is 27.8 Å². The van der Waals surface area contributed by atoms with E-state index >= 15 is 0 Å². The number of ether oxygens (including phenoxy) is 2. The van der Waals surface area contributed by atoms with E-state index in [-0.39, 0.29) is 12.5 Å². The first-order valence-electron chi connectivity index (χ1n) is 9.17. The number of hydrogen-bond acceptors (Lipinski definition) is 7. The number of nitrogens with one attached hydrogen (secondary N) is 1. The monoisotopic (exact) mass is 418 g/mol. The summed E-state index contributed by atoms with van der Waals surface area (Å²) in [5.74, 6) is 1.70. The van der Waals surface area contributed by atoms with Crippen LogP contribution in [0.2, 0.25) is 0 Å². The van der Waals surface area contributed by atoms with Crippen LogP contribution in [-0.2, 0) is 4.79 Å². The maximum absolute atomic E-state index is 12.1. The molecule has 0 unspecified atom stereocenters. The van der Waals surface area contributed by atoms with E-state index in [4.69, 9.17) is 9.47 Å². The van der Waals surface area contributed by atoms with Crippen LogP contribution in [0.25, 0.3) is 10.6 Å². The van der Waals surface area contributed by atoms with E-state index in [1.807, 2.05) is 43.3 Å². The summed E-state index contributed by atoms with van der Waals surface area (Å²) in [6.07, 6.45) is 3.38. The lowest BCUT2D eigenvalue weighted by molar-refractivity contribution is -0.118. The zero-order valence-corrected chi connectivity index (χ0v) is 16.9. The van der Waals surface area contributed by atoms with E-state index in [0.29, 0.717) is 21.6 Å². The first kappa shape index (κ1) is 19.5. The summed E-state index contributed by atoms with van der Waals surface area (Å²) in [6.45, 7) is 1.89. The van der Waals surface area contributed by atoms with Crippen molar-refractivity contribution in [2.45, 2.75) is 6.92 Å². The van der Waals surface area contributed by atoms with Gasteiger partial charge in [0, 0.05) is 18.0 Å². The number of pyridine rings is 1. The average molecular weight is 418 g/mol. The van der Waals surface area contributed by atoms with Crippen molar-refractivity contribution in [2.24, 2.45) is 0 Å². The van der Waals surface area contributed by atoms with Crippen molar-refractivity contribution >= 4 is 22.4 Å². The van der Waals surface area contributed by atoms with Gasteiger partial charge < -0.3 is 9.47 Å². The van der Waals surface area contributed by atoms with Gasteiger partial charge in [-0.15, -0.1) is 10.2 Å². The second-order valence-electron chi connectivity index (χ2n) is 6.38. The van der Waals surface area contributed by atoms with E-state index < -0.39 is 0 Å². The fraction of sp³-hybridized carbons (Fsp3) is 0.0909. The van der Waals surface area contributed by atoms with E-state index in [2.05, 4.69) is 20.5 Å². The Morgan fingerprint density at radius 3 is 2.37 bits per heavy atom. The molecule has 150 valence electrons. The molecule has 0 saturated carbocycles. The number of hydrogen-bond donors (Lipinski definition) is 1. The molecule has 7 nitrogen and oxygen atoms in total. The molecular weight excluding hydrogens is 400 g/mol. The topological polar surface area (TPSA) is 86.2 Å². The van der Waals surface area contributed by atoms with Gasteiger partial charge >= 0.3 is 0 Å². The van der Waals surface area contributed by atoms with Crippen LogP contribution in [0.15, 0.2) is 73.1 Å². The predicted octanol–water partition coefficient (Wildman–Crippen LogP) is 4.72. The van der Waals surface area contributed by atoms with Gasteiger partial charge in [-0.05, 0) is 55.5 Å². The second kappa shape index (κ2) is 9.15. The molecule has 1 amide bonds. The molecular formula is C22H18N4O3S. The van der Waals surface area contributed by atoms with Gasteiger partial charge in [0.15, 0.2) is 11.6 Å². The van der Waals surface area contributed by atoms with Crippen LogP contribution < -0.4 is 14.8 Å². The lowest BCUT2D eigenvalue weighted by Gasteiger charge is -2.08. The number of anilines is 1. The summed E-state index contributed by atoms with van der Waals surface area (Å²) >= 11 is 1.27. The number of benzene rings is 2. The van der Waals surface area contributed by atoms with Gasteiger partial charge in [-0.1, -0.05) is 29.0 Å². The molecule has 0 bridgehead atoms. The SMILES string of the molecule is Cc1ccc(Oc2ccc(OCC(=O)Nc3nnc(-c4cccnc4)s3)cc2)cc1. The van der Waals surface area contributed by atoms with Gasteiger partial charge in [0.2, 0.25) is 5.13 Å². The van der Waals surface area contributed by atoms with Crippen molar-refractivity contribution < 1.29 is 14.3 Å². The van der Waals surface area contributed by atoms with Crippen LogP contribution in [0, 0.1) is 6.92 Å². The van der Waals surface area contributed by atoms with E-state index in [0.717, 1.165) is 11.3 Å². The van der Waals surface area contributed by atoms with E-state index in [1.54, 1.807) is 36.7 Å². The molecule has 2 aromatic heterocycles. The van der Waals surface area contributed by atoms with Gasteiger partial charge in [-0.2, -0.15) is 0 Å². The Balaban J connectivity index is 1.28. The normalized spacial score (nSPS) is 10.4. The van der Waals surface area contributed by atoms with Crippen molar-refractivity contribution in [1.82, 2.24) is 15.2 Å². The number of rotatable bonds is 7. The number of aromatic nitrogens is 3. The fourth-order valence-corrected chi connectivity index (χ4v) is 3.28. The van der Waals surface area contributed by atoms with Crippen molar-refractivity contribution in [2.75, 3.05) is 11.9 Å². The third-order valence-electron chi connectivity index (χ3n) is 4.03. The lowest BCUT2D eigenvalue weighted by Crippen LogP contribution is -2.20. The molecule has 0 aliphatic rings. The summed E-state index contributed by atoms with van der Waals surface area (Å²) < 4.78 is 11.3. The van der Waals surface area contributed by atoms with Crippen molar-refractivity contribution in [3.05, 3.63) is 78.6 Å². The number of amides is 1. The Hall–Kier alpha value is -3.78. The summed E-state index contributed by atoms with van der Waals surface area (Å²) in [6, 6.07) is 18.6.